The summed E-state index contributed by atoms with van der Waals surface area (Å²) in [5.41, 5.74) is 1.87. The minimum Gasteiger partial charge on any atom is -0.412 e. The van der Waals surface area contributed by atoms with Crippen molar-refractivity contribution >= 4 is 28.5 Å². The molecule has 174 valence electrons. The highest BCUT2D eigenvalue weighted by atomic mass is 35.5. The fourth-order valence-electron chi connectivity index (χ4n) is 4.21. The van der Waals surface area contributed by atoms with E-state index in [9.17, 15) is 14.6 Å². The summed E-state index contributed by atoms with van der Waals surface area (Å²) in [5, 5.41) is 29.0. The summed E-state index contributed by atoms with van der Waals surface area (Å²) in [4.78, 5) is 9.40. The summed E-state index contributed by atoms with van der Waals surface area (Å²) in [6, 6.07) is 7.28. The van der Waals surface area contributed by atoms with Crippen molar-refractivity contribution in [2.75, 3.05) is 11.9 Å². The maximum atomic E-state index is 11.7. The number of nitrogens with zero attached hydrogens (tertiary/aromatic N) is 3. The highest BCUT2D eigenvalue weighted by Crippen LogP contribution is 2.40. The van der Waals surface area contributed by atoms with Crippen LogP contribution in [-0.4, -0.2) is 37.4 Å². The molecule has 1 aromatic heterocycles. The molecular formula is C22H30ClN5O3S. The number of nitrogens with one attached hydrogen (secondary N) is 1. The Bertz CT molecular complexity index is 1010. The van der Waals surface area contributed by atoms with Crippen molar-refractivity contribution in [2.24, 2.45) is 16.5 Å². The highest BCUT2D eigenvalue weighted by Gasteiger charge is 2.35. The Morgan fingerprint density at radius 3 is 2.81 bits per heavy atom. The average Bonchev–Trinajstić information content (AvgIpc) is 2.70. The lowest BCUT2D eigenvalue weighted by Crippen LogP contribution is -2.37. The molecule has 0 spiro atoms. The monoisotopic (exact) mass is 479 g/mol. The van der Waals surface area contributed by atoms with Gasteiger partial charge in [0.05, 0.1) is 28.5 Å². The molecule has 0 amide bonds. The quantitative estimate of drug-likeness (QED) is 0.553. The van der Waals surface area contributed by atoms with Gasteiger partial charge in [-0.1, -0.05) is 25.4 Å². The Hall–Kier alpha value is -2.09. The molecule has 1 aliphatic carbocycles. The molecule has 0 bridgehead atoms. The standard InChI is InChI=1S/C22H28ClN5O2S.H2O/c1-22(2)11-14(3-6-20(22)29)9-18-16(12-24)13-27-21(28-18)26-8-7-15-10-17(23)4-5-19(15)31(25)30;/h4-5,10,13-14,20,29H,3,6-9,11,25H2,1-2H3,(H,26,27,28);1H2/t14-,20-,31?;/m0./s1. The van der Waals surface area contributed by atoms with Gasteiger partial charge < -0.3 is 15.9 Å². The SMILES string of the molecule is CC1(C)C[C@H](Cc2nc(NCCc3cc(Cl)ccc3S(N)=O)ncc2C#N)CC[C@@H]1O.O. The number of nitrogens with two attached hydrogens (primary N) is 1. The van der Waals surface area contributed by atoms with Crippen LogP contribution in [0.25, 0.3) is 0 Å². The number of hydrogen-bond donors (Lipinski definition) is 3. The molecule has 3 rings (SSSR count). The van der Waals surface area contributed by atoms with Crippen molar-refractivity contribution in [1.82, 2.24) is 9.97 Å². The molecule has 3 atom stereocenters. The van der Waals surface area contributed by atoms with Crippen molar-refractivity contribution < 1.29 is 14.8 Å². The van der Waals surface area contributed by atoms with Crippen molar-refractivity contribution in [2.45, 2.75) is 57.0 Å². The van der Waals surface area contributed by atoms with Crippen LogP contribution in [0.2, 0.25) is 5.02 Å². The second kappa shape index (κ2) is 11.2. The minimum absolute atomic E-state index is 0. The summed E-state index contributed by atoms with van der Waals surface area (Å²) < 4.78 is 11.7. The minimum atomic E-state index is -1.59. The maximum absolute atomic E-state index is 11.7. The normalized spacial score (nSPS) is 20.6. The second-order valence-corrected chi connectivity index (χ2v) is 10.2. The van der Waals surface area contributed by atoms with Crippen LogP contribution < -0.4 is 10.5 Å². The Morgan fingerprint density at radius 2 is 2.16 bits per heavy atom. The first kappa shape index (κ1) is 26.2. The molecule has 32 heavy (non-hydrogen) atoms. The van der Waals surface area contributed by atoms with Crippen LogP contribution in [0.15, 0.2) is 29.3 Å². The van der Waals surface area contributed by atoms with Crippen LogP contribution in [0.1, 0.15) is 49.9 Å². The van der Waals surface area contributed by atoms with Crippen LogP contribution in [-0.2, 0) is 23.8 Å². The third-order valence-electron chi connectivity index (χ3n) is 5.95. The van der Waals surface area contributed by atoms with Crippen LogP contribution >= 0.6 is 11.6 Å². The van der Waals surface area contributed by atoms with Crippen molar-refractivity contribution in [1.29, 1.82) is 5.26 Å². The van der Waals surface area contributed by atoms with Crippen LogP contribution in [0.3, 0.4) is 0 Å². The van der Waals surface area contributed by atoms with E-state index in [2.05, 4.69) is 35.2 Å². The van der Waals surface area contributed by atoms with Gasteiger partial charge in [0.15, 0.2) is 0 Å². The predicted octanol–water partition coefficient (Wildman–Crippen LogP) is 2.54. The molecule has 0 aliphatic heterocycles. The molecule has 1 fully saturated rings. The lowest BCUT2D eigenvalue weighted by Gasteiger charge is -2.39. The van der Waals surface area contributed by atoms with Gasteiger partial charge >= 0.3 is 0 Å². The molecule has 0 saturated heterocycles. The first-order valence-electron chi connectivity index (χ1n) is 10.3. The van der Waals surface area contributed by atoms with Crippen LogP contribution in [0.5, 0.6) is 0 Å². The molecule has 2 aromatic rings. The van der Waals surface area contributed by atoms with Crippen LogP contribution in [0.4, 0.5) is 5.95 Å². The third-order valence-corrected chi connectivity index (χ3v) is 7.02. The summed E-state index contributed by atoms with van der Waals surface area (Å²) in [5.74, 6) is 0.809. The molecule has 1 aromatic carbocycles. The Kier molecular flexibility index (Phi) is 9.13. The van der Waals surface area contributed by atoms with Crippen molar-refractivity contribution in [3.05, 3.63) is 46.2 Å². The Balaban J connectivity index is 0.00000363. The number of aliphatic hydroxyl groups excluding tert-OH is 1. The summed E-state index contributed by atoms with van der Waals surface area (Å²) in [6.45, 7) is 4.67. The van der Waals surface area contributed by atoms with Gasteiger partial charge in [-0.3, -0.25) is 0 Å². The van der Waals surface area contributed by atoms with E-state index < -0.39 is 11.0 Å². The van der Waals surface area contributed by atoms with Gasteiger partial charge in [-0.25, -0.2) is 19.3 Å². The number of aromatic nitrogens is 2. The van der Waals surface area contributed by atoms with Crippen LogP contribution in [0, 0.1) is 22.7 Å². The third kappa shape index (κ3) is 6.47. The van der Waals surface area contributed by atoms with Gasteiger partial charge in [0.1, 0.15) is 17.1 Å². The highest BCUT2D eigenvalue weighted by molar-refractivity contribution is 7.82. The van der Waals surface area contributed by atoms with E-state index in [1.807, 2.05) is 0 Å². The molecule has 8 nitrogen and oxygen atoms in total. The summed E-state index contributed by atoms with van der Waals surface area (Å²) in [7, 11) is -1.59. The average molecular weight is 480 g/mol. The fraction of sp³-hybridized carbons (Fsp3) is 0.500. The number of rotatable bonds is 7. The number of anilines is 1. The van der Waals surface area contributed by atoms with E-state index >= 15 is 0 Å². The second-order valence-electron chi connectivity index (χ2n) is 8.75. The van der Waals surface area contributed by atoms with E-state index in [1.54, 1.807) is 24.4 Å². The zero-order valence-corrected chi connectivity index (χ0v) is 19.8. The lowest BCUT2D eigenvalue weighted by molar-refractivity contribution is -0.00748. The number of hydrogen-bond acceptors (Lipinski definition) is 6. The van der Waals surface area contributed by atoms with E-state index in [-0.39, 0.29) is 17.0 Å². The van der Waals surface area contributed by atoms with Crippen molar-refractivity contribution in [3.63, 3.8) is 0 Å². The Labute approximate surface area is 196 Å². The largest absolute Gasteiger partial charge is 0.412 e. The molecule has 1 saturated carbocycles. The van der Waals surface area contributed by atoms with E-state index in [4.69, 9.17) is 16.7 Å². The number of aliphatic hydroxyl groups is 1. The zero-order valence-electron chi connectivity index (χ0n) is 18.3. The van der Waals surface area contributed by atoms with Gasteiger partial charge in [-0.05, 0) is 67.2 Å². The molecule has 0 radical (unpaired) electrons. The summed E-state index contributed by atoms with van der Waals surface area (Å²) in [6.07, 6.45) is 5.05. The van der Waals surface area contributed by atoms with Gasteiger partial charge in [0, 0.05) is 11.6 Å². The predicted molar refractivity (Wildman–Crippen MR) is 125 cm³/mol. The molecular weight excluding hydrogens is 450 g/mol. The van der Waals surface area contributed by atoms with Gasteiger partial charge in [-0.15, -0.1) is 0 Å². The molecule has 1 aliphatic rings. The Morgan fingerprint density at radius 1 is 1.41 bits per heavy atom. The van der Waals surface area contributed by atoms with Gasteiger partial charge in [-0.2, -0.15) is 5.26 Å². The first-order chi connectivity index (χ1) is 14.7. The summed E-state index contributed by atoms with van der Waals surface area (Å²) >= 11 is 6.06. The lowest BCUT2D eigenvalue weighted by atomic mass is 9.69. The van der Waals surface area contributed by atoms with E-state index in [1.165, 1.54) is 0 Å². The van der Waals surface area contributed by atoms with E-state index in [0.29, 0.717) is 46.7 Å². The van der Waals surface area contributed by atoms with Crippen molar-refractivity contribution in [3.8, 4) is 6.07 Å². The topological polar surface area (TPSA) is 156 Å². The number of halogens is 1. The maximum Gasteiger partial charge on any atom is 0.222 e. The molecule has 6 N–H and O–H groups in total. The van der Waals surface area contributed by atoms with Gasteiger partial charge in [0.25, 0.3) is 0 Å². The number of nitriles is 1. The fourth-order valence-corrected chi connectivity index (χ4v) is 5.03. The molecule has 1 unspecified atom stereocenters. The molecule has 10 heteroatoms. The smallest absolute Gasteiger partial charge is 0.222 e. The first-order valence-corrected chi connectivity index (χ1v) is 11.9. The zero-order chi connectivity index (χ0) is 22.6. The van der Waals surface area contributed by atoms with E-state index in [0.717, 1.165) is 30.5 Å². The molecule has 1 heterocycles. The number of benzene rings is 1. The van der Waals surface area contributed by atoms with Gasteiger partial charge in [0.2, 0.25) is 5.95 Å².